The lowest BCUT2D eigenvalue weighted by Crippen LogP contribution is -2.48. The van der Waals surface area contributed by atoms with E-state index in [9.17, 15) is 4.79 Å². The monoisotopic (exact) mass is 412 g/mol. The molecule has 0 amide bonds. The fourth-order valence-corrected chi connectivity index (χ4v) is 5.20. The Bertz CT molecular complexity index is 920. The first kappa shape index (κ1) is 19.1. The predicted octanol–water partition coefficient (Wildman–Crippen LogP) is 1.91. The van der Waals surface area contributed by atoms with Crippen LogP contribution in [0.4, 0.5) is 5.82 Å². The van der Waals surface area contributed by atoms with Gasteiger partial charge in [-0.25, -0.2) is 14.6 Å². The fraction of sp³-hybridized carbons (Fsp3) is 0.619. The van der Waals surface area contributed by atoms with Crippen molar-refractivity contribution >= 4 is 17.6 Å². The second kappa shape index (κ2) is 8.44. The second-order valence-electron chi connectivity index (χ2n) is 8.21. The van der Waals surface area contributed by atoms with E-state index in [1.165, 1.54) is 19.3 Å². The largest absolute Gasteiger partial charge is 0.354 e. The summed E-state index contributed by atoms with van der Waals surface area (Å²) >= 11 is 1.88. The van der Waals surface area contributed by atoms with Gasteiger partial charge >= 0.3 is 0 Å². The molecule has 1 saturated heterocycles. The summed E-state index contributed by atoms with van der Waals surface area (Å²) in [6.07, 6.45) is 6.65. The van der Waals surface area contributed by atoms with Gasteiger partial charge in [-0.15, -0.1) is 0 Å². The number of fused-ring (bicyclic) bond motifs is 1. The summed E-state index contributed by atoms with van der Waals surface area (Å²) in [5.41, 5.74) is 2.27. The van der Waals surface area contributed by atoms with E-state index in [-0.39, 0.29) is 5.56 Å². The van der Waals surface area contributed by atoms with Gasteiger partial charge in [-0.05, 0) is 30.2 Å². The first-order valence-corrected chi connectivity index (χ1v) is 11.9. The maximum atomic E-state index is 12.4. The Morgan fingerprint density at radius 1 is 1.14 bits per heavy atom. The fourth-order valence-electron chi connectivity index (χ4n) is 4.25. The first-order chi connectivity index (χ1) is 14.3. The molecule has 2 aliphatic heterocycles. The smallest absolute Gasteiger partial charge is 0.267 e. The van der Waals surface area contributed by atoms with Gasteiger partial charge in [-0.3, -0.25) is 9.69 Å². The highest BCUT2D eigenvalue weighted by atomic mass is 32.2. The van der Waals surface area contributed by atoms with Crippen LogP contribution in [0, 0.1) is 0 Å². The number of piperazine rings is 1. The van der Waals surface area contributed by atoms with Crippen LogP contribution in [0.15, 0.2) is 23.1 Å². The lowest BCUT2D eigenvalue weighted by molar-refractivity contribution is 0.241. The Morgan fingerprint density at radius 2 is 2.00 bits per heavy atom. The molecule has 7 nitrogen and oxygen atoms in total. The molecule has 2 fully saturated rings. The van der Waals surface area contributed by atoms with Gasteiger partial charge in [0.25, 0.3) is 5.56 Å². The number of aromatic nitrogens is 4. The highest BCUT2D eigenvalue weighted by Gasteiger charge is 2.24. The average Bonchev–Trinajstić information content (AvgIpc) is 2.72. The highest BCUT2D eigenvalue weighted by molar-refractivity contribution is 7.98. The van der Waals surface area contributed by atoms with Gasteiger partial charge in [0.2, 0.25) is 0 Å². The van der Waals surface area contributed by atoms with Gasteiger partial charge < -0.3 is 4.90 Å². The van der Waals surface area contributed by atoms with Crippen molar-refractivity contribution in [2.45, 2.75) is 43.9 Å². The lowest BCUT2D eigenvalue weighted by atomic mass is 9.85. The number of rotatable bonds is 5. The Balaban J connectivity index is 1.16. The standard InChI is InChI=1S/C21H28N6OS/c28-20-14-17-15-29-13-5-18(17)24-27(20)12-9-25-7-10-26(11-8-25)19-4-6-22-21(23-19)16-2-1-3-16/h4,6,14,16H,1-3,5,7-13,15H2. The molecule has 1 aliphatic carbocycles. The van der Waals surface area contributed by atoms with E-state index in [0.717, 1.165) is 73.5 Å². The van der Waals surface area contributed by atoms with Crippen molar-refractivity contribution in [3.63, 3.8) is 0 Å². The molecule has 0 bridgehead atoms. The van der Waals surface area contributed by atoms with Gasteiger partial charge in [-0.2, -0.15) is 16.9 Å². The maximum Gasteiger partial charge on any atom is 0.267 e. The third-order valence-electron chi connectivity index (χ3n) is 6.36. The van der Waals surface area contributed by atoms with E-state index in [2.05, 4.69) is 19.9 Å². The Hall–Kier alpha value is -1.93. The Kier molecular flexibility index (Phi) is 5.54. The van der Waals surface area contributed by atoms with Crippen LogP contribution in [0.1, 0.15) is 42.3 Å². The molecule has 154 valence electrons. The molecule has 29 heavy (non-hydrogen) atoms. The number of aryl methyl sites for hydroxylation is 1. The number of hydrogen-bond donors (Lipinski definition) is 0. The first-order valence-electron chi connectivity index (χ1n) is 10.7. The van der Waals surface area contributed by atoms with Crippen molar-refractivity contribution in [3.8, 4) is 0 Å². The third-order valence-corrected chi connectivity index (χ3v) is 7.37. The summed E-state index contributed by atoms with van der Waals surface area (Å²) in [5.74, 6) is 4.68. The normalized spacial score (nSPS) is 20.3. The molecule has 0 N–H and O–H groups in total. The van der Waals surface area contributed by atoms with Crippen molar-refractivity contribution in [1.29, 1.82) is 0 Å². The summed E-state index contributed by atoms with van der Waals surface area (Å²) in [6.45, 7) is 5.43. The average molecular weight is 413 g/mol. The summed E-state index contributed by atoms with van der Waals surface area (Å²) in [5, 5.41) is 4.64. The van der Waals surface area contributed by atoms with E-state index in [0.29, 0.717) is 12.5 Å². The lowest BCUT2D eigenvalue weighted by Gasteiger charge is -2.35. The summed E-state index contributed by atoms with van der Waals surface area (Å²) in [4.78, 5) is 26.5. The number of hydrogen-bond acceptors (Lipinski definition) is 7. The zero-order chi connectivity index (χ0) is 19.6. The molecule has 3 aliphatic rings. The van der Waals surface area contributed by atoms with E-state index in [4.69, 9.17) is 4.98 Å². The predicted molar refractivity (Wildman–Crippen MR) is 116 cm³/mol. The SMILES string of the molecule is O=c1cc2c(nn1CCN1CCN(c3ccnc(C4CCC4)n3)CC1)CCSC2. The van der Waals surface area contributed by atoms with Gasteiger partial charge in [0.05, 0.1) is 12.2 Å². The topological polar surface area (TPSA) is 67.2 Å². The molecule has 1 saturated carbocycles. The van der Waals surface area contributed by atoms with Crippen molar-refractivity contribution in [2.75, 3.05) is 43.4 Å². The molecule has 0 radical (unpaired) electrons. The van der Waals surface area contributed by atoms with E-state index in [1.54, 1.807) is 10.7 Å². The molecule has 0 atom stereocenters. The minimum Gasteiger partial charge on any atom is -0.354 e. The highest BCUT2D eigenvalue weighted by Crippen LogP contribution is 2.34. The Labute approximate surface area is 175 Å². The van der Waals surface area contributed by atoms with Crippen molar-refractivity contribution in [3.05, 3.63) is 45.8 Å². The van der Waals surface area contributed by atoms with Gasteiger partial charge in [-0.1, -0.05) is 6.42 Å². The zero-order valence-corrected chi connectivity index (χ0v) is 17.6. The van der Waals surface area contributed by atoms with Gasteiger partial charge in [0, 0.05) is 63.1 Å². The molecule has 0 unspecified atom stereocenters. The summed E-state index contributed by atoms with van der Waals surface area (Å²) in [7, 11) is 0. The third kappa shape index (κ3) is 4.19. The molecule has 4 heterocycles. The van der Waals surface area contributed by atoms with Gasteiger partial charge in [0.1, 0.15) is 11.6 Å². The van der Waals surface area contributed by atoms with E-state index < -0.39 is 0 Å². The number of anilines is 1. The van der Waals surface area contributed by atoms with Crippen LogP contribution in [-0.2, 0) is 18.7 Å². The number of nitrogens with zero attached hydrogens (tertiary/aromatic N) is 6. The maximum absolute atomic E-state index is 12.4. The van der Waals surface area contributed by atoms with Crippen LogP contribution in [0.3, 0.4) is 0 Å². The van der Waals surface area contributed by atoms with Crippen LogP contribution >= 0.6 is 11.8 Å². The second-order valence-corrected chi connectivity index (χ2v) is 9.31. The molecule has 0 aromatic carbocycles. The van der Waals surface area contributed by atoms with Crippen LogP contribution in [0.2, 0.25) is 0 Å². The summed E-state index contributed by atoms with van der Waals surface area (Å²) in [6, 6.07) is 3.83. The van der Waals surface area contributed by atoms with Crippen LogP contribution in [0.25, 0.3) is 0 Å². The summed E-state index contributed by atoms with van der Waals surface area (Å²) < 4.78 is 1.66. The van der Waals surface area contributed by atoms with Crippen LogP contribution in [-0.4, -0.2) is 63.1 Å². The van der Waals surface area contributed by atoms with Gasteiger partial charge in [0.15, 0.2) is 0 Å². The van der Waals surface area contributed by atoms with E-state index in [1.807, 2.05) is 24.0 Å². The molecule has 5 rings (SSSR count). The molecule has 0 spiro atoms. The van der Waals surface area contributed by atoms with Crippen LogP contribution < -0.4 is 10.5 Å². The zero-order valence-electron chi connectivity index (χ0n) is 16.8. The van der Waals surface area contributed by atoms with Crippen molar-refractivity contribution in [2.24, 2.45) is 0 Å². The van der Waals surface area contributed by atoms with E-state index >= 15 is 0 Å². The quantitative estimate of drug-likeness (QED) is 0.743. The number of thioether (sulfide) groups is 1. The molecule has 2 aromatic heterocycles. The molecular weight excluding hydrogens is 384 g/mol. The van der Waals surface area contributed by atoms with Crippen molar-refractivity contribution < 1.29 is 0 Å². The molecule has 8 heteroatoms. The molecule has 2 aromatic rings. The Morgan fingerprint density at radius 3 is 2.79 bits per heavy atom. The van der Waals surface area contributed by atoms with Crippen molar-refractivity contribution in [1.82, 2.24) is 24.6 Å². The minimum atomic E-state index is 0.0365. The minimum absolute atomic E-state index is 0.0365. The molecular formula is C21H28N6OS. The van der Waals surface area contributed by atoms with Crippen LogP contribution in [0.5, 0.6) is 0 Å².